The van der Waals surface area contributed by atoms with E-state index in [4.69, 9.17) is 11.6 Å². The fourth-order valence-corrected chi connectivity index (χ4v) is 6.89. The lowest BCUT2D eigenvalue weighted by atomic mass is 9.75. The third-order valence-corrected chi connectivity index (χ3v) is 9.96. The molecule has 2 aromatic carbocycles. The Kier molecular flexibility index (Phi) is 7.78. The standard InChI is InChI=1S/C34H28ClF3N6O5/c1-18-20(15-39-44(18)33(11-2-12-33)32(49)40-26-8-5-21(13-25(26)35)34(36,37)38)4-3-19-16-42(17-19)22-6-7-23-24(14-22)31(48)43(30(23)47)27-9-10-28(45)41-29(27)46/h5-8,13-15,19,27H,2,9-12,16-17H2,1H3,(H,40,49)(H,41,45,46). The van der Waals surface area contributed by atoms with Gasteiger partial charge in [-0.2, -0.15) is 18.3 Å². The van der Waals surface area contributed by atoms with E-state index in [9.17, 15) is 37.1 Å². The van der Waals surface area contributed by atoms with Crippen molar-refractivity contribution in [2.75, 3.05) is 23.3 Å². The van der Waals surface area contributed by atoms with Crippen LogP contribution in [-0.2, 0) is 26.1 Å². The normalized spacial score (nSPS) is 20.2. The monoisotopic (exact) mass is 692 g/mol. The van der Waals surface area contributed by atoms with Gasteiger partial charge >= 0.3 is 6.18 Å². The molecule has 1 saturated carbocycles. The molecule has 1 aromatic heterocycles. The summed E-state index contributed by atoms with van der Waals surface area (Å²) >= 11 is 6.08. The summed E-state index contributed by atoms with van der Waals surface area (Å²) in [5.41, 5.74) is 0.618. The van der Waals surface area contributed by atoms with Crippen LogP contribution >= 0.6 is 11.6 Å². The number of amides is 5. The predicted molar refractivity (Wildman–Crippen MR) is 170 cm³/mol. The average molecular weight is 693 g/mol. The first kappa shape index (κ1) is 32.4. The number of hydrogen-bond acceptors (Lipinski definition) is 7. The van der Waals surface area contributed by atoms with Gasteiger partial charge < -0.3 is 10.2 Å². The Balaban J connectivity index is 1.01. The van der Waals surface area contributed by atoms with Crippen molar-refractivity contribution >= 4 is 52.5 Å². The average Bonchev–Trinajstić information content (AvgIpc) is 3.48. The van der Waals surface area contributed by atoms with Crippen LogP contribution in [0.5, 0.6) is 0 Å². The fraction of sp³-hybridized carbons (Fsp3) is 0.353. The maximum atomic E-state index is 13.5. The molecule has 7 rings (SSSR count). The summed E-state index contributed by atoms with van der Waals surface area (Å²) in [6.07, 6.45) is -1.09. The van der Waals surface area contributed by atoms with Crippen molar-refractivity contribution in [3.8, 4) is 11.8 Å². The highest BCUT2D eigenvalue weighted by Gasteiger charge is 2.48. The maximum absolute atomic E-state index is 13.5. The van der Waals surface area contributed by atoms with E-state index in [1.807, 2.05) is 11.8 Å². The van der Waals surface area contributed by atoms with Crippen molar-refractivity contribution in [1.82, 2.24) is 20.0 Å². The number of anilines is 2. The Bertz CT molecular complexity index is 2020. The SMILES string of the molecule is Cc1c(C#CC2CN(c3ccc4c(c3)C(=O)N(C3CCC(=O)NC3=O)C4=O)C2)cnn1C1(C(=O)Nc2ccc(C(F)(F)F)cc2Cl)CCC1. The second kappa shape index (κ2) is 11.8. The Morgan fingerprint density at radius 2 is 1.80 bits per heavy atom. The molecule has 0 radical (unpaired) electrons. The van der Waals surface area contributed by atoms with Gasteiger partial charge in [-0.25, -0.2) is 0 Å². The lowest BCUT2D eigenvalue weighted by molar-refractivity contribution is -0.138. The molecule has 1 unspecified atom stereocenters. The molecule has 4 aliphatic rings. The lowest BCUT2D eigenvalue weighted by Crippen LogP contribution is -2.54. The summed E-state index contributed by atoms with van der Waals surface area (Å²) in [7, 11) is 0. The van der Waals surface area contributed by atoms with E-state index in [-0.39, 0.29) is 40.6 Å². The Morgan fingerprint density at radius 1 is 1.06 bits per heavy atom. The molecule has 2 saturated heterocycles. The van der Waals surface area contributed by atoms with Gasteiger partial charge in [0.2, 0.25) is 11.8 Å². The van der Waals surface area contributed by atoms with Crippen molar-refractivity contribution in [3.05, 3.63) is 75.6 Å². The maximum Gasteiger partial charge on any atom is 0.416 e. The summed E-state index contributed by atoms with van der Waals surface area (Å²) in [4.78, 5) is 66.5. The number of alkyl halides is 3. The number of nitrogens with zero attached hydrogens (tertiary/aromatic N) is 4. The molecule has 5 amide bonds. The van der Waals surface area contributed by atoms with Crippen LogP contribution in [0.3, 0.4) is 0 Å². The topological polar surface area (TPSA) is 134 Å². The number of benzene rings is 2. The molecule has 252 valence electrons. The number of imide groups is 2. The quantitative estimate of drug-likeness (QED) is 0.302. The number of nitrogens with one attached hydrogen (secondary N) is 2. The van der Waals surface area contributed by atoms with Crippen LogP contribution in [0.2, 0.25) is 5.02 Å². The number of aromatic nitrogens is 2. The van der Waals surface area contributed by atoms with E-state index in [0.29, 0.717) is 37.2 Å². The zero-order valence-corrected chi connectivity index (χ0v) is 26.7. The minimum absolute atomic E-state index is 0.00363. The van der Waals surface area contributed by atoms with Crippen molar-refractivity contribution in [2.24, 2.45) is 5.92 Å². The van der Waals surface area contributed by atoms with E-state index in [1.54, 1.807) is 29.1 Å². The van der Waals surface area contributed by atoms with Gasteiger partial charge in [0.1, 0.15) is 11.6 Å². The van der Waals surface area contributed by atoms with Crippen LogP contribution in [0, 0.1) is 24.7 Å². The summed E-state index contributed by atoms with van der Waals surface area (Å²) in [6.45, 7) is 2.94. The van der Waals surface area contributed by atoms with E-state index < -0.39 is 52.9 Å². The summed E-state index contributed by atoms with van der Waals surface area (Å²) < 4.78 is 40.8. The van der Waals surface area contributed by atoms with Gasteiger partial charge in [-0.1, -0.05) is 23.4 Å². The van der Waals surface area contributed by atoms with Crippen LogP contribution in [0.15, 0.2) is 42.6 Å². The number of halogens is 4. The smallest absolute Gasteiger partial charge is 0.369 e. The molecule has 4 heterocycles. The molecule has 11 nitrogen and oxygen atoms in total. The van der Waals surface area contributed by atoms with Crippen molar-refractivity contribution in [2.45, 2.75) is 56.8 Å². The predicted octanol–water partition coefficient (Wildman–Crippen LogP) is 4.27. The van der Waals surface area contributed by atoms with Crippen LogP contribution in [0.4, 0.5) is 24.5 Å². The number of piperidine rings is 1. The summed E-state index contributed by atoms with van der Waals surface area (Å²) in [5.74, 6) is 3.75. The zero-order chi connectivity index (χ0) is 34.8. The highest BCUT2D eigenvalue weighted by Crippen LogP contribution is 2.42. The Hall–Kier alpha value is -5.16. The van der Waals surface area contributed by atoms with Crippen molar-refractivity contribution in [3.63, 3.8) is 0 Å². The first-order valence-corrected chi connectivity index (χ1v) is 16.0. The Morgan fingerprint density at radius 3 is 2.45 bits per heavy atom. The molecule has 3 aromatic rings. The third kappa shape index (κ3) is 5.51. The van der Waals surface area contributed by atoms with Crippen molar-refractivity contribution in [1.29, 1.82) is 0 Å². The molecule has 15 heteroatoms. The van der Waals surface area contributed by atoms with Gasteiger partial charge in [-0.3, -0.25) is 38.9 Å². The number of carbonyl (C=O) groups is 5. The van der Waals surface area contributed by atoms with Gasteiger partial charge in [0, 0.05) is 25.2 Å². The van der Waals surface area contributed by atoms with Gasteiger partial charge in [0.25, 0.3) is 17.7 Å². The molecule has 3 fully saturated rings. The molecular weight excluding hydrogens is 665 g/mol. The van der Waals surface area contributed by atoms with Gasteiger partial charge in [-0.15, -0.1) is 0 Å². The van der Waals surface area contributed by atoms with E-state index in [2.05, 4.69) is 27.6 Å². The second-order valence-electron chi connectivity index (χ2n) is 12.6. The molecule has 2 N–H and O–H groups in total. The van der Waals surface area contributed by atoms with E-state index in [0.717, 1.165) is 35.2 Å². The highest BCUT2D eigenvalue weighted by molar-refractivity contribution is 6.33. The minimum atomic E-state index is -4.56. The van der Waals surface area contributed by atoms with Crippen molar-refractivity contribution < 1.29 is 37.1 Å². The third-order valence-electron chi connectivity index (χ3n) is 9.64. The molecule has 0 bridgehead atoms. The minimum Gasteiger partial charge on any atom is -0.369 e. The second-order valence-corrected chi connectivity index (χ2v) is 13.0. The van der Waals surface area contributed by atoms with Crippen LogP contribution in [0.25, 0.3) is 0 Å². The highest BCUT2D eigenvalue weighted by atomic mass is 35.5. The fourth-order valence-electron chi connectivity index (χ4n) is 6.66. The molecular formula is C34H28ClF3N6O5. The molecule has 3 aliphatic heterocycles. The lowest BCUT2D eigenvalue weighted by Gasteiger charge is -2.41. The van der Waals surface area contributed by atoms with E-state index >= 15 is 0 Å². The number of fused-ring (bicyclic) bond motifs is 1. The summed E-state index contributed by atoms with van der Waals surface area (Å²) in [6, 6.07) is 6.71. The van der Waals surface area contributed by atoms with Crippen LogP contribution in [0.1, 0.15) is 69.6 Å². The number of rotatable bonds is 5. The first-order chi connectivity index (χ1) is 23.3. The summed E-state index contributed by atoms with van der Waals surface area (Å²) in [5, 5.41) is 9.13. The van der Waals surface area contributed by atoms with Gasteiger partial charge in [0.05, 0.1) is 50.8 Å². The first-order valence-electron chi connectivity index (χ1n) is 15.6. The molecule has 49 heavy (non-hydrogen) atoms. The zero-order valence-electron chi connectivity index (χ0n) is 26.0. The van der Waals surface area contributed by atoms with Gasteiger partial charge in [0.15, 0.2) is 0 Å². The van der Waals surface area contributed by atoms with E-state index in [1.165, 1.54) is 0 Å². The largest absolute Gasteiger partial charge is 0.416 e. The molecule has 1 atom stereocenters. The van der Waals surface area contributed by atoms with Gasteiger partial charge in [-0.05, 0) is 69.0 Å². The van der Waals surface area contributed by atoms with Crippen LogP contribution < -0.4 is 15.5 Å². The molecule has 0 spiro atoms. The number of carbonyl (C=O) groups excluding carboxylic acids is 5. The Labute approximate surface area is 282 Å². The van der Waals surface area contributed by atoms with Crippen LogP contribution in [-0.4, -0.2) is 63.3 Å². The number of hydrogen-bond donors (Lipinski definition) is 2. The molecule has 1 aliphatic carbocycles.